The minimum Gasteiger partial charge on any atom is -0.280 e. The van der Waals surface area contributed by atoms with Crippen LogP contribution in [-0.4, -0.2) is 14.3 Å². The standard InChI is InChI=1S/C17H13N3O/c1-19-16-13-9-5-6-10-15(13)18-11-14(16)17(21)20(19)12-7-3-2-4-8-12/h2-11H,1H3. The number of para-hydroxylation sites is 2. The van der Waals surface area contributed by atoms with Gasteiger partial charge < -0.3 is 0 Å². The number of nitrogens with zero attached hydrogens (tertiary/aromatic N) is 3. The van der Waals surface area contributed by atoms with Gasteiger partial charge in [-0.2, -0.15) is 0 Å². The summed E-state index contributed by atoms with van der Waals surface area (Å²) in [6.07, 6.45) is 1.67. The van der Waals surface area contributed by atoms with Gasteiger partial charge in [0, 0.05) is 18.6 Å². The molecule has 4 heteroatoms. The van der Waals surface area contributed by atoms with Crippen molar-refractivity contribution in [1.82, 2.24) is 14.3 Å². The number of aromatic nitrogens is 3. The first-order chi connectivity index (χ1) is 10.3. The number of aryl methyl sites for hydroxylation is 1. The zero-order chi connectivity index (χ0) is 14.4. The molecule has 102 valence electrons. The molecule has 0 radical (unpaired) electrons. The van der Waals surface area contributed by atoms with E-state index in [-0.39, 0.29) is 5.56 Å². The predicted octanol–water partition coefficient (Wildman–Crippen LogP) is 2.88. The summed E-state index contributed by atoms with van der Waals surface area (Å²) < 4.78 is 3.58. The molecule has 4 nitrogen and oxygen atoms in total. The average molecular weight is 275 g/mol. The second-order valence-electron chi connectivity index (χ2n) is 5.01. The van der Waals surface area contributed by atoms with Crippen molar-refractivity contribution < 1.29 is 0 Å². The van der Waals surface area contributed by atoms with Crippen molar-refractivity contribution in [2.24, 2.45) is 7.05 Å². The minimum atomic E-state index is -0.0445. The van der Waals surface area contributed by atoms with Crippen molar-refractivity contribution in [1.29, 1.82) is 0 Å². The van der Waals surface area contributed by atoms with E-state index in [1.54, 1.807) is 10.9 Å². The molecular formula is C17H13N3O. The minimum absolute atomic E-state index is 0.0445. The molecule has 0 aliphatic rings. The normalized spacial score (nSPS) is 11.3. The first-order valence-corrected chi connectivity index (χ1v) is 6.78. The largest absolute Gasteiger partial charge is 0.280 e. The summed E-state index contributed by atoms with van der Waals surface area (Å²) in [4.78, 5) is 17.1. The van der Waals surface area contributed by atoms with Gasteiger partial charge in [-0.1, -0.05) is 36.4 Å². The van der Waals surface area contributed by atoms with Crippen molar-refractivity contribution >= 4 is 21.8 Å². The van der Waals surface area contributed by atoms with E-state index in [2.05, 4.69) is 4.98 Å². The fourth-order valence-corrected chi connectivity index (χ4v) is 2.84. The summed E-state index contributed by atoms with van der Waals surface area (Å²) >= 11 is 0. The third-order valence-corrected chi connectivity index (χ3v) is 3.79. The van der Waals surface area contributed by atoms with Crippen LogP contribution in [0.25, 0.3) is 27.5 Å². The number of hydrogen-bond acceptors (Lipinski definition) is 2. The second kappa shape index (κ2) is 4.31. The Labute approximate surface area is 120 Å². The summed E-state index contributed by atoms with van der Waals surface area (Å²) in [5, 5.41) is 1.63. The lowest BCUT2D eigenvalue weighted by Crippen LogP contribution is -2.19. The van der Waals surface area contributed by atoms with E-state index >= 15 is 0 Å². The molecule has 0 aliphatic carbocycles. The lowest BCUT2D eigenvalue weighted by Gasteiger charge is -2.08. The molecule has 4 rings (SSSR count). The van der Waals surface area contributed by atoms with E-state index in [4.69, 9.17) is 0 Å². The molecule has 0 amide bonds. The summed E-state index contributed by atoms with van der Waals surface area (Å²) in [6, 6.07) is 17.5. The Hall–Kier alpha value is -2.88. The number of benzene rings is 2. The van der Waals surface area contributed by atoms with Gasteiger partial charge in [-0.05, 0) is 18.2 Å². The van der Waals surface area contributed by atoms with Gasteiger partial charge in [0.2, 0.25) is 0 Å². The van der Waals surface area contributed by atoms with E-state index < -0.39 is 0 Å². The smallest absolute Gasteiger partial charge is 0.280 e. The first kappa shape index (κ1) is 11.9. The molecule has 0 unspecified atom stereocenters. The summed E-state index contributed by atoms with van der Waals surface area (Å²) in [5.74, 6) is 0. The molecular weight excluding hydrogens is 262 g/mol. The number of hydrogen-bond donors (Lipinski definition) is 0. The fourth-order valence-electron chi connectivity index (χ4n) is 2.84. The SMILES string of the molecule is Cn1c2c(cnc3ccccc32)c(=O)n1-c1ccccc1. The summed E-state index contributed by atoms with van der Waals surface area (Å²) in [6.45, 7) is 0. The molecule has 4 aromatic rings. The molecule has 2 aromatic carbocycles. The lowest BCUT2D eigenvalue weighted by molar-refractivity contribution is 0.667. The molecule has 0 bridgehead atoms. The van der Waals surface area contributed by atoms with Crippen LogP contribution >= 0.6 is 0 Å². The van der Waals surface area contributed by atoms with Gasteiger partial charge in [-0.3, -0.25) is 14.5 Å². The van der Waals surface area contributed by atoms with Crippen LogP contribution in [0.5, 0.6) is 0 Å². The van der Waals surface area contributed by atoms with Gasteiger partial charge in [0.25, 0.3) is 5.56 Å². The zero-order valence-corrected chi connectivity index (χ0v) is 11.5. The number of rotatable bonds is 1. The average Bonchev–Trinajstić information content (AvgIpc) is 2.80. The molecule has 2 heterocycles. The lowest BCUT2D eigenvalue weighted by atomic mass is 10.2. The van der Waals surface area contributed by atoms with Gasteiger partial charge in [0.05, 0.1) is 22.1 Å². The topological polar surface area (TPSA) is 39.8 Å². The van der Waals surface area contributed by atoms with Crippen LogP contribution < -0.4 is 5.56 Å². The highest BCUT2D eigenvalue weighted by molar-refractivity contribution is 6.03. The molecule has 2 aromatic heterocycles. The first-order valence-electron chi connectivity index (χ1n) is 6.78. The van der Waals surface area contributed by atoms with Crippen LogP contribution in [-0.2, 0) is 7.05 Å². The molecule has 0 saturated heterocycles. The molecule has 21 heavy (non-hydrogen) atoms. The zero-order valence-electron chi connectivity index (χ0n) is 11.5. The molecule has 0 atom stereocenters. The summed E-state index contributed by atoms with van der Waals surface area (Å²) in [7, 11) is 1.91. The Kier molecular flexibility index (Phi) is 2.44. The van der Waals surface area contributed by atoms with E-state index in [9.17, 15) is 4.79 Å². The van der Waals surface area contributed by atoms with E-state index in [0.29, 0.717) is 5.39 Å². The highest BCUT2D eigenvalue weighted by atomic mass is 16.1. The Morgan fingerprint density at radius 1 is 0.905 bits per heavy atom. The van der Waals surface area contributed by atoms with Crippen LogP contribution in [0.1, 0.15) is 0 Å². The molecule has 0 fully saturated rings. The van der Waals surface area contributed by atoms with Crippen molar-refractivity contribution in [3.05, 3.63) is 71.1 Å². The Bertz CT molecular complexity index is 1010. The number of pyridine rings is 1. The van der Waals surface area contributed by atoms with Crippen LogP contribution in [0.4, 0.5) is 0 Å². The highest BCUT2D eigenvalue weighted by Gasteiger charge is 2.14. The number of fused-ring (bicyclic) bond motifs is 3. The van der Waals surface area contributed by atoms with E-state index in [1.165, 1.54) is 0 Å². The van der Waals surface area contributed by atoms with E-state index in [1.807, 2.05) is 66.3 Å². The maximum absolute atomic E-state index is 12.7. The monoisotopic (exact) mass is 275 g/mol. The quantitative estimate of drug-likeness (QED) is 0.536. The van der Waals surface area contributed by atoms with Crippen LogP contribution in [0, 0.1) is 0 Å². The van der Waals surface area contributed by atoms with Gasteiger partial charge in [-0.25, -0.2) is 4.68 Å². The van der Waals surface area contributed by atoms with Crippen LogP contribution in [0.15, 0.2) is 65.6 Å². The Morgan fingerprint density at radius 2 is 1.62 bits per heavy atom. The summed E-state index contributed by atoms with van der Waals surface area (Å²) in [5.41, 5.74) is 2.61. The Morgan fingerprint density at radius 3 is 2.43 bits per heavy atom. The molecule has 0 spiro atoms. The third kappa shape index (κ3) is 1.62. The maximum Gasteiger partial charge on any atom is 0.280 e. The van der Waals surface area contributed by atoms with Gasteiger partial charge >= 0.3 is 0 Å². The fraction of sp³-hybridized carbons (Fsp3) is 0.0588. The van der Waals surface area contributed by atoms with Crippen molar-refractivity contribution in [3.63, 3.8) is 0 Å². The van der Waals surface area contributed by atoms with Gasteiger partial charge in [0.1, 0.15) is 0 Å². The van der Waals surface area contributed by atoms with Crippen molar-refractivity contribution in [3.8, 4) is 5.69 Å². The van der Waals surface area contributed by atoms with Crippen molar-refractivity contribution in [2.45, 2.75) is 0 Å². The van der Waals surface area contributed by atoms with Crippen molar-refractivity contribution in [2.75, 3.05) is 0 Å². The van der Waals surface area contributed by atoms with Crippen LogP contribution in [0.3, 0.4) is 0 Å². The third-order valence-electron chi connectivity index (χ3n) is 3.79. The Balaban J connectivity index is 2.20. The molecule has 0 saturated carbocycles. The van der Waals surface area contributed by atoms with Crippen LogP contribution in [0.2, 0.25) is 0 Å². The second-order valence-corrected chi connectivity index (χ2v) is 5.01. The predicted molar refractivity (Wildman–Crippen MR) is 83.8 cm³/mol. The van der Waals surface area contributed by atoms with Gasteiger partial charge in [-0.15, -0.1) is 0 Å². The van der Waals surface area contributed by atoms with E-state index in [0.717, 1.165) is 22.1 Å². The molecule has 0 N–H and O–H groups in total. The maximum atomic E-state index is 12.7. The highest BCUT2D eigenvalue weighted by Crippen LogP contribution is 2.22. The van der Waals surface area contributed by atoms with Gasteiger partial charge in [0.15, 0.2) is 0 Å². The molecule has 0 aliphatic heterocycles.